The zero-order valence-electron chi connectivity index (χ0n) is 10.3. The van der Waals surface area contributed by atoms with Gasteiger partial charge in [-0.25, -0.2) is 4.79 Å². The minimum atomic E-state index is -1.12. The molecule has 0 aromatic rings. The van der Waals surface area contributed by atoms with Crippen molar-refractivity contribution in [2.24, 2.45) is 11.7 Å². The first-order chi connectivity index (χ1) is 8.33. The summed E-state index contributed by atoms with van der Waals surface area (Å²) in [4.78, 5) is 33.8. The van der Waals surface area contributed by atoms with Gasteiger partial charge in [0.15, 0.2) is 0 Å². The lowest BCUT2D eigenvalue weighted by Gasteiger charge is -2.22. The lowest BCUT2D eigenvalue weighted by atomic mass is 10.0. The predicted octanol–water partition coefficient (Wildman–Crippen LogP) is -1.41. The average Bonchev–Trinajstić information content (AvgIpc) is 2.31. The second-order valence-corrected chi connectivity index (χ2v) is 4.44. The minimum absolute atomic E-state index is 0.0575. The van der Waals surface area contributed by atoms with Crippen molar-refractivity contribution in [3.63, 3.8) is 0 Å². The molecule has 0 radical (unpaired) electrons. The highest BCUT2D eigenvalue weighted by Crippen LogP contribution is 2.02. The van der Waals surface area contributed by atoms with Gasteiger partial charge in [-0.15, -0.1) is 0 Å². The molecule has 0 rings (SSSR count). The van der Waals surface area contributed by atoms with Gasteiger partial charge in [0.25, 0.3) is 0 Å². The Labute approximate surface area is 111 Å². The van der Waals surface area contributed by atoms with Gasteiger partial charge in [0.1, 0.15) is 12.1 Å². The fourth-order valence-electron chi connectivity index (χ4n) is 1.21. The number of hydrogen-bond acceptors (Lipinski definition) is 5. The number of thiol groups is 1. The van der Waals surface area contributed by atoms with Crippen molar-refractivity contribution in [3.8, 4) is 0 Å². The molecule has 0 heterocycles. The van der Waals surface area contributed by atoms with Crippen LogP contribution in [-0.2, 0) is 14.4 Å². The molecule has 0 bridgehead atoms. The van der Waals surface area contributed by atoms with Crippen molar-refractivity contribution in [1.29, 1.82) is 0 Å². The summed E-state index contributed by atoms with van der Waals surface area (Å²) in [6.45, 7) is 3.10. The van der Waals surface area contributed by atoms with Gasteiger partial charge in [-0.3, -0.25) is 9.59 Å². The third-order valence-corrected chi connectivity index (χ3v) is 2.62. The molecule has 5 N–H and O–H groups in total. The smallest absolute Gasteiger partial charge is 0.326 e. The molecule has 0 aliphatic heterocycles. The van der Waals surface area contributed by atoms with E-state index in [-0.39, 0.29) is 18.2 Å². The van der Waals surface area contributed by atoms with Crippen LogP contribution in [0.3, 0.4) is 0 Å². The van der Waals surface area contributed by atoms with Gasteiger partial charge in [0.2, 0.25) is 11.8 Å². The largest absolute Gasteiger partial charge is 0.480 e. The molecule has 0 aliphatic carbocycles. The molecule has 0 saturated carbocycles. The minimum Gasteiger partial charge on any atom is -0.480 e. The van der Waals surface area contributed by atoms with Crippen LogP contribution in [-0.4, -0.2) is 47.3 Å². The molecule has 104 valence electrons. The molecule has 0 unspecified atom stereocenters. The van der Waals surface area contributed by atoms with Crippen LogP contribution < -0.4 is 16.4 Å². The van der Waals surface area contributed by atoms with Crippen LogP contribution in [0.1, 0.15) is 13.8 Å². The first-order valence-corrected chi connectivity index (χ1v) is 6.10. The maximum atomic E-state index is 11.8. The molecule has 0 fully saturated rings. The summed E-state index contributed by atoms with van der Waals surface area (Å²) in [7, 11) is 0. The summed E-state index contributed by atoms with van der Waals surface area (Å²) in [5, 5.41) is 13.6. The summed E-state index contributed by atoms with van der Waals surface area (Å²) in [5.74, 6) is -2.42. The Morgan fingerprint density at radius 1 is 1.28 bits per heavy atom. The van der Waals surface area contributed by atoms with Crippen LogP contribution in [0.5, 0.6) is 0 Å². The quantitative estimate of drug-likeness (QED) is 0.366. The third kappa shape index (κ3) is 5.37. The SMILES string of the molecule is CC(C)[C@H](NC(=O)[C@H](CS)NC(=O)CN)C(=O)O. The number of amides is 2. The first kappa shape index (κ1) is 16.7. The lowest BCUT2D eigenvalue weighted by Crippen LogP contribution is -2.54. The van der Waals surface area contributed by atoms with Crippen molar-refractivity contribution in [2.75, 3.05) is 12.3 Å². The van der Waals surface area contributed by atoms with Crippen LogP contribution in [0.4, 0.5) is 0 Å². The number of carboxylic acids is 1. The van der Waals surface area contributed by atoms with E-state index in [0.29, 0.717) is 0 Å². The summed E-state index contributed by atoms with van der Waals surface area (Å²) < 4.78 is 0. The normalized spacial score (nSPS) is 13.8. The van der Waals surface area contributed by atoms with E-state index in [0.717, 1.165) is 0 Å². The van der Waals surface area contributed by atoms with Crippen LogP contribution >= 0.6 is 12.6 Å². The Kier molecular flexibility index (Phi) is 7.37. The van der Waals surface area contributed by atoms with Gasteiger partial charge in [-0.1, -0.05) is 13.8 Å². The van der Waals surface area contributed by atoms with Crippen molar-refractivity contribution in [3.05, 3.63) is 0 Å². The molecular formula is C10H19N3O4S. The summed E-state index contributed by atoms with van der Waals surface area (Å²) in [6.07, 6.45) is 0. The number of carboxylic acid groups (broad SMARTS) is 1. The number of nitrogens with one attached hydrogen (secondary N) is 2. The molecular weight excluding hydrogens is 258 g/mol. The fraction of sp³-hybridized carbons (Fsp3) is 0.700. The van der Waals surface area contributed by atoms with Crippen LogP contribution in [0.2, 0.25) is 0 Å². The molecule has 0 saturated heterocycles. The molecule has 0 aromatic carbocycles. The number of carbonyl (C=O) groups excluding carboxylic acids is 2. The summed E-state index contributed by atoms with van der Waals surface area (Å²) in [6, 6.07) is -1.90. The monoisotopic (exact) mass is 277 g/mol. The van der Waals surface area contributed by atoms with E-state index < -0.39 is 29.9 Å². The zero-order chi connectivity index (χ0) is 14.3. The lowest BCUT2D eigenvalue weighted by molar-refractivity contribution is -0.143. The molecule has 0 aromatic heterocycles. The van der Waals surface area contributed by atoms with E-state index in [1.165, 1.54) is 0 Å². The van der Waals surface area contributed by atoms with Gasteiger partial charge in [-0.05, 0) is 5.92 Å². The van der Waals surface area contributed by atoms with Crippen molar-refractivity contribution < 1.29 is 19.5 Å². The highest BCUT2D eigenvalue weighted by Gasteiger charge is 2.27. The van der Waals surface area contributed by atoms with Crippen molar-refractivity contribution in [2.45, 2.75) is 25.9 Å². The number of aliphatic carboxylic acids is 1. The van der Waals surface area contributed by atoms with Gasteiger partial charge in [0.05, 0.1) is 6.54 Å². The van der Waals surface area contributed by atoms with E-state index in [2.05, 4.69) is 23.3 Å². The summed E-state index contributed by atoms with van der Waals surface area (Å²) >= 11 is 3.93. The molecule has 2 amide bonds. The van der Waals surface area contributed by atoms with Crippen LogP contribution in [0, 0.1) is 5.92 Å². The Morgan fingerprint density at radius 2 is 1.83 bits per heavy atom. The van der Waals surface area contributed by atoms with E-state index in [1.54, 1.807) is 13.8 Å². The number of carbonyl (C=O) groups is 3. The Balaban J connectivity index is 4.60. The Bertz CT molecular complexity index is 322. The van der Waals surface area contributed by atoms with E-state index in [9.17, 15) is 14.4 Å². The van der Waals surface area contributed by atoms with E-state index in [4.69, 9.17) is 10.8 Å². The Hall–Kier alpha value is -1.28. The van der Waals surface area contributed by atoms with Crippen LogP contribution in [0.15, 0.2) is 0 Å². The standard InChI is InChI=1S/C10H19N3O4S/c1-5(2)8(10(16)17)13-9(15)6(4-18)12-7(14)3-11/h5-6,8,18H,3-4,11H2,1-2H3,(H,12,14)(H,13,15)(H,16,17)/t6-,8-/m0/s1. The average molecular weight is 277 g/mol. The fourth-order valence-corrected chi connectivity index (χ4v) is 1.47. The molecule has 0 aliphatic rings. The van der Waals surface area contributed by atoms with Gasteiger partial charge in [0, 0.05) is 5.75 Å². The number of hydrogen-bond donors (Lipinski definition) is 5. The topological polar surface area (TPSA) is 122 Å². The van der Waals surface area contributed by atoms with E-state index in [1.807, 2.05) is 0 Å². The third-order valence-electron chi connectivity index (χ3n) is 2.25. The molecule has 8 heteroatoms. The van der Waals surface area contributed by atoms with Crippen molar-refractivity contribution >= 4 is 30.4 Å². The van der Waals surface area contributed by atoms with Crippen LogP contribution in [0.25, 0.3) is 0 Å². The number of nitrogens with two attached hydrogens (primary N) is 1. The highest BCUT2D eigenvalue weighted by atomic mass is 32.1. The second kappa shape index (κ2) is 7.93. The highest BCUT2D eigenvalue weighted by molar-refractivity contribution is 7.80. The Morgan fingerprint density at radius 3 is 2.17 bits per heavy atom. The second-order valence-electron chi connectivity index (χ2n) is 4.08. The molecule has 7 nitrogen and oxygen atoms in total. The molecule has 0 spiro atoms. The summed E-state index contributed by atoms with van der Waals surface area (Å²) in [5.41, 5.74) is 5.11. The van der Waals surface area contributed by atoms with Gasteiger partial charge >= 0.3 is 5.97 Å². The first-order valence-electron chi connectivity index (χ1n) is 5.46. The molecule has 2 atom stereocenters. The van der Waals surface area contributed by atoms with Crippen molar-refractivity contribution in [1.82, 2.24) is 10.6 Å². The molecule has 18 heavy (non-hydrogen) atoms. The van der Waals surface area contributed by atoms with Gasteiger partial charge in [-0.2, -0.15) is 12.6 Å². The number of rotatable bonds is 7. The predicted molar refractivity (Wildman–Crippen MR) is 69.2 cm³/mol. The zero-order valence-corrected chi connectivity index (χ0v) is 11.2. The maximum Gasteiger partial charge on any atom is 0.326 e. The maximum absolute atomic E-state index is 11.8. The van der Waals surface area contributed by atoms with Gasteiger partial charge < -0.3 is 21.5 Å². The van der Waals surface area contributed by atoms with E-state index >= 15 is 0 Å².